The number of amides is 1. The van der Waals surface area contributed by atoms with Gasteiger partial charge in [0.2, 0.25) is 11.9 Å². The van der Waals surface area contributed by atoms with Crippen molar-refractivity contribution in [3.63, 3.8) is 0 Å². The topological polar surface area (TPSA) is 87.1 Å². The molecule has 3 rings (SSSR count). The molecular weight excluding hydrogens is 348 g/mol. The molecule has 0 aliphatic heterocycles. The Labute approximate surface area is 155 Å². The van der Waals surface area contributed by atoms with Crippen LogP contribution in [0.15, 0.2) is 83.4 Å². The molecule has 0 saturated heterocycles. The summed E-state index contributed by atoms with van der Waals surface area (Å²) in [6.07, 6.45) is 2.91. The molecule has 0 fully saturated rings. The van der Waals surface area contributed by atoms with Gasteiger partial charge in [-0.2, -0.15) is 0 Å². The number of anilines is 3. The number of carbonyl (C=O) groups is 1. The van der Waals surface area contributed by atoms with Gasteiger partial charge in [0.05, 0.1) is 0 Å². The molecule has 3 N–H and O–H groups in total. The molecule has 0 radical (unpaired) electrons. The number of nitrogens with one attached hydrogen (secondary N) is 2. The van der Waals surface area contributed by atoms with Crippen LogP contribution in [-0.4, -0.2) is 21.0 Å². The number of hydrogen-bond donors (Lipinski definition) is 3. The van der Waals surface area contributed by atoms with Crippen molar-refractivity contribution < 1.29 is 9.90 Å². The third-order valence-corrected chi connectivity index (χ3v) is 4.23. The number of nitrogens with zero attached hydrogens (tertiary/aromatic N) is 2. The van der Waals surface area contributed by atoms with Crippen molar-refractivity contribution in [2.24, 2.45) is 0 Å². The first-order valence-corrected chi connectivity index (χ1v) is 8.54. The normalized spacial score (nSPS) is 10.2. The Morgan fingerprint density at radius 2 is 1.73 bits per heavy atom. The maximum atomic E-state index is 11.3. The molecule has 0 spiro atoms. The lowest BCUT2D eigenvalue weighted by molar-refractivity contribution is -0.111. The van der Waals surface area contributed by atoms with Gasteiger partial charge in [-0.3, -0.25) is 4.79 Å². The van der Waals surface area contributed by atoms with Crippen LogP contribution in [0.4, 0.5) is 17.3 Å². The van der Waals surface area contributed by atoms with E-state index in [4.69, 9.17) is 0 Å². The van der Waals surface area contributed by atoms with Gasteiger partial charge < -0.3 is 15.7 Å². The van der Waals surface area contributed by atoms with Gasteiger partial charge in [-0.1, -0.05) is 18.3 Å². The van der Waals surface area contributed by atoms with Crippen molar-refractivity contribution in [2.75, 3.05) is 10.6 Å². The fraction of sp³-hybridized carbons (Fsp3) is 0. The number of benzene rings is 2. The van der Waals surface area contributed by atoms with Gasteiger partial charge in [0, 0.05) is 22.5 Å². The highest BCUT2D eigenvalue weighted by Gasteiger charge is 2.04. The Hall–Kier alpha value is -3.32. The molecule has 26 heavy (non-hydrogen) atoms. The molecule has 1 aromatic heterocycles. The molecule has 1 heterocycles. The van der Waals surface area contributed by atoms with E-state index in [1.807, 2.05) is 30.3 Å². The summed E-state index contributed by atoms with van der Waals surface area (Å²) in [7, 11) is 0. The van der Waals surface area contributed by atoms with Crippen LogP contribution in [0.25, 0.3) is 0 Å². The molecular formula is C19H16N4O2S. The van der Waals surface area contributed by atoms with Gasteiger partial charge in [-0.05, 0) is 60.7 Å². The van der Waals surface area contributed by atoms with Crippen molar-refractivity contribution in [3.05, 3.63) is 73.4 Å². The first-order valence-electron chi connectivity index (χ1n) is 7.73. The second-order valence-corrected chi connectivity index (χ2v) is 6.30. The molecule has 0 aliphatic carbocycles. The predicted octanol–water partition coefficient (Wildman–Crippen LogP) is 4.20. The lowest BCUT2D eigenvalue weighted by Crippen LogP contribution is -2.06. The lowest BCUT2D eigenvalue weighted by Gasteiger charge is -2.07. The largest absolute Gasteiger partial charge is 0.508 e. The Balaban J connectivity index is 1.67. The number of aromatic hydroxyl groups is 1. The number of hydrogen-bond acceptors (Lipinski definition) is 6. The Morgan fingerprint density at radius 1 is 1.04 bits per heavy atom. The van der Waals surface area contributed by atoms with E-state index in [0.29, 0.717) is 11.6 Å². The molecule has 1 amide bonds. The standard InChI is InChI=1S/C19H16N4O2S/c1-2-17(25)21-13-5-9-16(10-6-13)26-18-11-12-20-19(23-18)22-14-3-7-15(24)8-4-14/h2-12,24H,1H2,(H,21,25)(H,20,22,23). The van der Waals surface area contributed by atoms with Crippen LogP contribution >= 0.6 is 11.8 Å². The monoisotopic (exact) mass is 364 g/mol. The minimum Gasteiger partial charge on any atom is -0.508 e. The maximum absolute atomic E-state index is 11.3. The summed E-state index contributed by atoms with van der Waals surface area (Å²) in [5.41, 5.74) is 1.49. The summed E-state index contributed by atoms with van der Waals surface area (Å²) in [4.78, 5) is 20.9. The number of phenols is 1. The molecule has 130 valence electrons. The fourth-order valence-electron chi connectivity index (χ4n) is 2.05. The van der Waals surface area contributed by atoms with Crippen LogP contribution in [-0.2, 0) is 4.79 Å². The lowest BCUT2D eigenvalue weighted by atomic mass is 10.3. The highest BCUT2D eigenvalue weighted by atomic mass is 32.2. The fourth-order valence-corrected chi connectivity index (χ4v) is 2.83. The molecule has 0 aliphatic rings. The van der Waals surface area contributed by atoms with Crippen LogP contribution in [0.2, 0.25) is 0 Å². The predicted molar refractivity (Wildman–Crippen MR) is 103 cm³/mol. The van der Waals surface area contributed by atoms with Crippen molar-refractivity contribution in [1.82, 2.24) is 9.97 Å². The van der Waals surface area contributed by atoms with E-state index in [2.05, 4.69) is 27.2 Å². The number of aromatic nitrogens is 2. The van der Waals surface area contributed by atoms with E-state index in [-0.39, 0.29) is 11.7 Å². The van der Waals surface area contributed by atoms with E-state index in [0.717, 1.165) is 15.6 Å². The SMILES string of the molecule is C=CC(=O)Nc1ccc(Sc2ccnc(Nc3ccc(O)cc3)n2)cc1. The number of phenolic OH excluding ortho intramolecular Hbond substituents is 1. The zero-order valence-corrected chi connectivity index (χ0v) is 14.5. The third-order valence-electron chi connectivity index (χ3n) is 3.28. The molecule has 0 unspecified atom stereocenters. The van der Waals surface area contributed by atoms with Crippen LogP contribution in [0, 0.1) is 0 Å². The van der Waals surface area contributed by atoms with E-state index in [1.165, 1.54) is 17.8 Å². The molecule has 7 heteroatoms. The van der Waals surface area contributed by atoms with Crippen LogP contribution in [0.3, 0.4) is 0 Å². The molecule has 6 nitrogen and oxygen atoms in total. The maximum Gasteiger partial charge on any atom is 0.247 e. The summed E-state index contributed by atoms with van der Waals surface area (Å²) in [5.74, 6) is 0.426. The quantitative estimate of drug-likeness (QED) is 0.345. The van der Waals surface area contributed by atoms with Gasteiger partial charge in [-0.15, -0.1) is 0 Å². The van der Waals surface area contributed by atoms with Gasteiger partial charge in [0.25, 0.3) is 0 Å². The first kappa shape index (κ1) is 17.5. The Kier molecular flexibility index (Phi) is 5.50. The van der Waals surface area contributed by atoms with Gasteiger partial charge in [0.15, 0.2) is 0 Å². The minimum absolute atomic E-state index is 0.202. The highest BCUT2D eigenvalue weighted by molar-refractivity contribution is 7.99. The number of rotatable bonds is 6. The van der Waals surface area contributed by atoms with Crippen molar-refractivity contribution in [2.45, 2.75) is 9.92 Å². The smallest absolute Gasteiger partial charge is 0.247 e. The average molecular weight is 364 g/mol. The Bertz CT molecular complexity index is 912. The van der Waals surface area contributed by atoms with Crippen LogP contribution in [0.5, 0.6) is 5.75 Å². The minimum atomic E-state index is -0.244. The molecule has 0 bridgehead atoms. The second kappa shape index (κ2) is 8.17. The zero-order chi connectivity index (χ0) is 18.4. The second-order valence-electron chi connectivity index (χ2n) is 5.21. The third kappa shape index (κ3) is 4.84. The van der Waals surface area contributed by atoms with Gasteiger partial charge in [-0.25, -0.2) is 9.97 Å². The van der Waals surface area contributed by atoms with E-state index in [1.54, 1.807) is 30.5 Å². The molecule has 3 aromatic rings. The van der Waals surface area contributed by atoms with Crippen molar-refractivity contribution in [1.29, 1.82) is 0 Å². The first-order chi connectivity index (χ1) is 12.6. The molecule has 2 aromatic carbocycles. The van der Waals surface area contributed by atoms with Crippen LogP contribution < -0.4 is 10.6 Å². The number of carbonyl (C=O) groups excluding carboxylic acids is 1. The summed E-state index contributed by atoms with van der Waals surface area (Å²) in [6.45, 7) is 3.42. The molecule has 0 saturated carbocycles. The van der Waals surface area contributed by atoms with Crippen molar-refractivity contribution in [3.8, 4) is 5.75 Å². The van der Waals surface area contributed by atoms with Crippen molar-refractivity contribution >= 4 is 35.0 Å². The van der Waals surface area contributed by atoms with Gasteiger partial charge >= 0.3 is 0 Å². The Morgan fingerprint density at radius 3 is 2.42 bits per heavy atom. The van der Waals surface area contributed by atoms with Gasteiger partial charge in [0.1, 0.15) is 10.8 Å². The van der Waals surface area contributed by atoms with Crippen LogP contribution in [0.1, 0.15) is 0 Å². The average Bonchev–Trinajstić information content (AvgIpc) is 2.65. The van der Waals surface area contributed by atoms with E-state index in [9.17, 15) is 9.90 Å². The summed E-state index contributed by atoms with van der Waals surface area (Å²) in [6, 6.07) is 15.9. The highest BCUT2D eigenvalue weighted by Crippen LogP contribution is 2.28. The van der Waals surface area contributed by atoms with E-state index >= 15 is 0 Å². The summed E-state index contributed by atoms with van der Waals surface area (Å²) >= 11 is 1.48. The summed E-state index contributed by atoms with van der Waals surface area (Å²) < 4.78 is 0. The summed E-state index contributed by atoms with van der Waals surface area (Å²) in [5, 5.41) is 15.9. The zero-order valence-electron chi connectivity index (χ0n) is 13.7. The molecule has 0 atom stereocenters. The van der Waals surface area contributed by atoms with E-state index < -0.39 is 0 Å².